The van der Waals surface area contributed by atoms with Gasteiger partial charge < -0.3 is 0 Å². The molecule has 0 aromatic heterocycles. The minimum absolute atomic E-state index is 0.398. The molecule has 2 heteroatoms. The van der Waals surface area contributed by atoms with E-state index in [0.717, 1.165) is 6.42 Å². The van der Waals surface area contributed by atoms with Crippen LogP contribution in [0.5, 0.6) is 0 Å². The largest absolute Gasteiger partial charge is 0.221 e. The van der Waals surface area contributed by atoms with Crippen molar-refractivity contribution in [1.82, 2.24) is 0 Å². The lowest BCUT2D eigenvalue weighted by Gasteiger charge is -1.94. The first kappa shape index (κ1) is 6.31. The van der Waals surface area contributed by atoms with Crippen molar-refractivity contribution < 1.29 is 5.11 Å². The molecule has 0 amide bonds. The highest BCUT2D eigenvalue weighted by molar-refractivity contribution is 7.99. The zero-order valence-electron chi connectivity index (χ0n) is 4.10. The molecule has 1 atom stereocenters. The highest BCUT2D eigenvalue weighted by atomic mass is 32.2. The second-order valence-electron chi connectivity index (χ2n) is 1.07. The van der Waals surface area contributed by atoms with Crippen LogP contribution in [-0.2, 0) is 5.11 Å². The summed E-state index contributed by atoms with van der Waals surface area (Å²) in [4.78, 5) is 0. The Hall–Kier alpha value is 0.310. The Labute approximate surface area is 42.8 Å². The van der Waals surface area contributed by atoms with E-state index in [4.69, 9.17) is 0 Å². The number of thioether (sulfide) groups is 1. The van der Waals surface area contributed by atoms with Gasteiger partial charge in [0.05, 0.1) is 0 Å². The first-order valence-electron chi connectivity index (χ1n) is 2.00. The lowest BCUT2D eigenvalue weighted by Crippen LogP contribution is -1.91. The molecular weight excluding hydrogens is 96.1 g/mol. The number of rotatable bonds is 2. The third kappa shape index (κ3) is 2.54. The summed E-state index contributed by atoms with van der Waals surface area (Å²) in [6, 6.07) is 0. The van der Waals surface area contributed by atoms with Crippen molar-refractivity contribution in [3.05, 3.63) is 0 Å². The van der Waals surface area contributed by atoms with Crippen LogP contribution in [0.2, 0.25) is 0 Å². The standard InChI is InChI=1S/C4H9OS/c1-3-4(5)6-2/h4H,3H2,1-2H3. The van der Waals surface area contributed by atoms with E-state index in [-0.39, 0.29) is 0 Å². The molecule has 0 aliphatic heterocycles. The van der Waals surface area contributed by atoms with Crippen LogP contribution in [0.3, 0.4) is 0 Å². The van der Waals surface area contributed by atoms with Crippen LogP contribution in [0.25, 0.3) is 0 Å². The highest BCUT2D eigenvalue weighted by Crippen LogP contribution is 2.04. The van der Waals surface area contributed by atoms with Gasteiger partial charge in [-0.2, -0.15) is 0 Å². The summed E-state index contributed by atoms with van der Waals surface area (Å²) in [5, 5.41) is 10.2. The molecule has 0 aromatic carbocycles. The third-order valence-corrected chi connectivity index (χ3v) is 1.46. The second kappa shape index (κ2) is 3.50. The van der Waals surface area contributed by atoms with E-state index in [9.17, 15) is 5.11 Å². The predicted molar refractivity (Wildman–Crippen MR) is 28.3 cm³/mol. The van der Waals surface area contributed by atoms with Crippen LogP contribution in [0.15, 0.2) is 0 Å². The minimum Gasteiger partial charge on any atom is -0.221 e. The molecule has 0 bridgehead atoms. The fraction of sp³-hybridized carbons (Fsp3) is 1.00. The van der Waals surface area contributed by atoms with Gasteiger partial charge in [-0.05, 0) is 12.7 Å². The van der Waals surface area contributed by atoms with E-state index in [1.807, 2.05) is 13.2 Å². The summed E-state index contributed by atoms with van der Waals surface area (Å²) in [6.45, 7) is 1.90. The van der Waals surface area contributed by atoms with Gasteiger partial charge in [0, 0.05) is 0 Å². The number of hydrogen-bond acceptors (Lipinski definition) is 1. The average molecular weight is 105 g/mol. The molecule has 0 rings (SSSR count). The van der Waals surface area contributed by atoms with Gasteiger partial charge in [-0.1, -0.05) is 6.92 Å². The molecule has 1 unspecified atom stereocenters. The quantitative estimate of drug-likeness (QED) is 0.487. The summed E-state index contributed by atoms with van der Waals surface area (Å²) in [5.74, 6) is 0. The van der Waals surface area contributed by atoms with E-state index in [1.54, 1.807) is 0 Å². The van der Waals surface area contributed by atoms with Crippen molar-refractivity contribution in [2.45, 2.75) is 18.8 Å². The van der Waals surface area contributed by atoms with Crippen molar-refractivity contribution in [2.75, 3.05) is 6.26 Å². The smallest absolute Gasteiger partial charge is 0.138 e. The van der Waals surface area contributed by atoms with E-state index in [2.05, 4.69) is 0 Å². The lowest BCUT2D eigenvalue weighted by atomic mass is 10.5. The molecule has 1 radical (unpaired) electrons. The van der Waals surface area contributed by atoms with E-state index in [1.165, 1.54) is 11.8 Å². The molecule has 0 fully saturated rings. The molecule has 0 spiro atoms. The first-order valence-corrected chi connectivity index (χ1v) is 3.28. The van der Waals surface area contributed by atoms with Crippen molar-refractivity contribution >= 4 is 11.8 Å². The summed E-state index contributed by atoms with van der Waals surface area (Å²) < 4.78 is 0. The van der Waals surface area contributed by atoms with Gasteiger partial charge in [-0.15, -0.1) is 11.8 Å². The molecule has 0 saturated carbocycles. The van der Waals surface area contributed by atoms with Crippen molar-refractivity contribution in [3.63, 3.8) is 0 Å². The van der Waals surface area contributed by atoms with E-state index >= 15 is 0 Å². The van der Waals surface area contributed by atoms with Crippen molar-refractivity contribution in [2.24, 2.45) is 0 Å². The van der Waals surface area contributed by atoms with Crippen LogP contribution in [0.1, 0.15) is 13.3 Å². The Balaban J connectivity index is 2.75. The maximum Gasteiger partial charge on any atom is 0.138 e. The maximum atomic E-state index is 10.2. The van der Waals surface area contributed by atoms with Crippen LogP contribution >= 0.6 is 11.8 Å². The minimum atomic E-state index is -0.398. The van der Waals surface area contributed by atoms with Crippen LogP contribution in [0.4, 0.5) is 0 Å². The predicted octanol–water partition coefficient (Wildman–Crippen LogP) is 1.52. The summed E-state index contributed by atoms with van der Waals surface area (Å²) >= 11 is 1.37. The van der Waals surface area contributed by atoms with Gasteiger partial charge in [-0.25, -0.2) is 5.11 Å². The molecule has 0 N–H and O–H groups in total. The molecular formula is C4H9OS. The fourth-order valence-electron chi connectivity index (χ4n) is 0.167. The number of hydrogen-bond donors (Lipinski definition) is 0. The molecule has 0 aliphatic carbocycles. The summed E-state index contributed by atoms with van der Waals surface area (Å²) in [5.41, 5.74) is -0.398. The molecule has 1 nitrogen and oxygen atoms in total. The van der Waals surface area contributed by atoms with Crippen LogP contribution in [-0.4, -0.2) is 11.7 Å². The van der Waals surface area contributed by atoms with Gasteiger partial charge in [0.25, 0.3) is 0 Å². The van der Waals surface area contributed by atoms with Gasteiger partial charge in [0.15, 0.2) is 0 Å². The second-order valence-corrected chi connectivity index (χ2v) is 2.07. The molecule has 0 saturated heterocycles. The first-order chi connectivity index (χ1) is 2.81. The van der Waals surface area contributed by atoms with Crippen molar-refractivity contribution in [3.8, 4) is 0 Å². The zero-order chi connectivity index (χ0) is 4.99. The van der Waals surface area contributed by atoms with Gasteiger partial charge >= 0.3 is 0 Å². The van der Waals surface area contributed by atoms with Crippen LogP contribution in [0, 0.1) is 0 Å². The van der Waals surface area contributed by atoms with Gasteiger partial charge in [-0.3, -0.25) is 0 Å². The van der Waals surface area contributed by atoms with E-state index < -0.39 is 5.44 Å². The molecule has 6 heavy (non-hydrogen) atoms. The Bertz CT molecular complexity index is 26.7. The average Bonchev–Trinajstić information content (AvgIpc) is 1.65. The maximum absolute atomic E-state index is 10.2. The summed E-state index contributed by atoms with van der Waals surface area (Å²) in [6.07, 6.45) is 2.57. The van der Waals surface area contributed by atoms with Crippen LogP contribution < -0.4 is 0 Å². The SMILES string of the molecule is CCC([O])SC. The highest BCUT2D eigenvalue weighted by Gasteiger charge is 1.94. The molecule has 0 aromatic rings. The van der Waals surface area contributed by atoms with Crippen molar-refractivity contribution in [1.29, 1.82) is 0 Å². The molecule has 37 valence electrons. The Morgan fingerprint density at radius 2 is 2.33 bits per heavy atom. The Morgan fingerprint density at radius 1 is 1.83 bits per heavy atom. The monoisotopic (exact) mass is 105 g/mol. The van der Waals surface area contributed by atoms with E-state index in [0.29, 0.717) is 0 Å². The Kier molecular flexibility index (Phi) is 3.68. The molecule has 0 aliphatic rings. The van der Waals surface area contributed by atoms with Gasteiger partial charge in [0.1, 0.15) is 5.44 Å². The molecule has 0 heterocycles. The lowest BCUT2D eigenvalue weighted by molar-refractivity contribution is 0.162. The third-order valence-electron chi connectivity index (χ3n) is 0.596. The fourth-order valence-corrected chi connectivity index (χ4v) is 0.500. The Morgan fingerprint density at radius 3 is 2.33 bits per heavy atom. The summed E-state index contributed by atoms with van der Waals surface area (Å²) in [7, 11) is 0. The van der Waals surface area contributed by atoms with Gasteiger partial charge in [0.2, 0.25) is 0 Å². The topological polar surface area (TPSA) is 19.9 Å². The zero-order valence-corrected chi connectivity index (χ0v) is 4.92. The normalized spacial score (nSPS) is 14.5.